The lowest BCUT2D eigenvalue weighted by molar-refractivity contribution is -0.144. The second kappa shape index (κ2) is 2.48. The van der Waals surface area contributed by atoms with Crippen LogP contribution in [0.4, 0.5) is 0 Å². The van der Waals surface area contributed by atoms with Crippen LogP contribution in [0, 0.1) is 11.8 Å². The first-order valence-electron chi connectivity index (χ1n) is 4.14. The molecule has 1 N–H and O–H groups in total. The highest BCUT2D eigenvalue weighted by Crippen LogP contribution is 2.40. The molecule has 2 fully saturated rings. The van der Waals surface area contributed by atoms with Gasteiger partial charge in [-0.3, -0.25) is 4.79 Å². The van der Waals surface area contributed by atoms with Gasteiger partial charge in [-0.05, 0) is 31.2 Å². The number of nitrogens with one attached hydrogen (secondary N) is 1. The van der Waals surface area contributed by atoms with Crippen molar-refractivity contribution in [3.8, 4) is 0 Å². The highest BCUT2D eigenvalue weighted by Gasteiger charge is 2.45. The molecule has 2 rings (SSSR count). The fourth-order valence-corrected chi connectivity index (χ4v) is 2.10. The Labute approximate surface area is 66.1 Å². The topological polar surface area (TPSA) is 38.3 Å². The summed E-state index contributed by atoms with van der Waals surface area (Å²) in [6, 6.07) is -0.00116. The van der Waals surface area contributed by atoms with Gasteiger partial charge in [0.25, 0.3) is 0 Å². The molecule has 1 aliphatic carbocycles. The first-order chi connectivity index (χ1) is 5.33. The number of fused-ring (bicyclic) bond motifs is 1. The van der Waals surface area contributed by atoms with E-state index >= 15 is 0 Å². The molecule has 0 spiro atoms. The third-order valence-electron chi connectivity index (χ3n) is 2.96. The van der Waals surface area contributed by atoms with E-state index in [0.29, 0.717) is 5.92 Å². The monoisotopic (exact) mass is 155 g/mol. The van der Waals surface area contributed by atoms with Crippen LogP contribution in [-0.4, -0.2) is 25.7 Å². The molecule has 0 bridgehead atoms. The molecule has 0 aromatic rings. The van der Waals surface area contributed by atoms with Crippen LogP contribution in [0.15, 0.2) is 0 Å². The quantitative estimate of drug-likeness (QED) is 0.548. The van der Waals surface area contributed by atoms with Crippen molar-refractivity contribution in [2.75, 3.05) is 13.7 Å². The van der Waals surface area contributed by atoms with Crippen LogP contribution >= 0.6 is 0 Å². The van der Waals surface area contributed by atoms with Gasteiger partial charge in [-0.25, -0.2) is 0 Å². The molecule has 3 atom stereocenters. The number of carbonyl (C=O) groups is 1. The first-order valence-corrected chi connectivity index (χ1v) is 4.14. The maximum Gasteiger partial charge on any atom is 0.323 e. The van der Waals surface area contributed by atoms with Gasteiger partial charge in [0, 0.05) is 0 Å². The summed E-state index contributed by atoms with van der Waals surface area (Å²) in [6.45, 7) is 1.00. The molecule has 0 aromatic carbocycles. The van der Waals surface area contributed by atoms with Gasteiger partial charge in [-0.15, -0.1) is 0 Å². The molecule has 2 aliphatic rings. The lowest BCUT2D eigenvalue weighted by atomic mass is 9.73. The Morgan fingerprint density at radius 2 is 2.36 bits per heavy atom. The second-order valence-corrected chi connectivity index (χ2v) is 3.41. The first kappa shape index (κ1) is 7.10. The van der Waals surface area contributed by atoms with Crippen molar-refractivity contribution in [1.29, 1.82) is 0 Å². The highest BCUT2D eigenvalue weighted by atomic mass is 16.5. The van der Waals surface area contributed by atoms with E-state index < -0.39 is 0 Å². The molecule has 0 unspecified atom stereocenters. The van der Waals surface area contributed by atoms with Crippen LogP contribution in [0.5, 0.6) is 0 Å². The zero-order chi connectivity index (χ0) is 7.84. The summed E-state index contributed by atoms with van der Waals surface area (Å²) >= 11 is 0. The summed E-state index contributed by atoms with van der Waals surface area (Å²) in [5, 5.41) is 3.19. The molecule has 0 radical (unpaired) electrons. The van der Waals surface area contributed by atoms with Crippen molar-refractivity contribution in [3.63, 3.8) is 0 Å². The largest absolute Gasteiger partial charge is 0.468 e. The van der Waals surface area contributed by atoms with E-state index in [1.807, 2.05) is 0 Å². The van der Waals surface area contributed by atoms with Crippen molar-refractivity contribution < 1.29 is 9.53 Å². The average molecular weight is 155 g/mol. The van der Waals surface area contributed by atoms with Gasteiger partial charge in [-0.2, -0.15) is 0 Å². The van der Waals surface area contributed by atoms with Gasteiger partial charge in [-0.1, -0.05) is 0 Å². The Kier molecular flexibility index (Phi) is 1.60. The molecular weight excluding hydrogens is 142 g/mol. The Morgan fingerprint density at radius 1 is 1.55 bits per heavy atom. The minimum atomic E-state index is -0.0859. The van der Waals surface area contributed by atoms with Gasteiger partial charge in [0.15, 0.2) is 0 Å². The lowest BCUT2D eigenvalue weighted by Gasteiger charge is -2.31. The Hall–Kier alpha value is -0.570. The fourth-order valence-electron chi connectivity index (χ4n) is 2.10. The molecule has 1 heterocycles. The zero-order valence-corrected chi connectivity index (χ0v) is 6.67. The standard InChI is InChI=1S/C8H13NO2/c1-11-8(10)7-6-3-2-5(6)4-9-7/h5-7,9H,2-4H2,1H3/t5-,6-,7+/m0/s1. The minimum Gasteiger partial charge on any atom is -0.468 e. The van der Waals surface area contributed by atoms with Crippen molar-refractivity contribution in [3.05, 3.63) is 0 Å². The zero-order valence-electron chi connectivity index (χ0n) is 6.67. The lowest BCUT2D eigenvalue weighted by Crippen LogP contribution is -2.39. The predicted molar refractivity (Wildman–Crippen MR) is 40.0 cm³/mol. The number of hydrogen-bond acceptors (Lipinski definition) is 3. The third-order valence-corrected chi connectivity index (χ3v) is 2.96. The molecule has 0 aromatic heterocycles. The van der Waals surface area contributed by atoms with E-state index in [4.69, 9.17) is 0 Å². The fraction of sp³-hybridized carbons (Fsp3) is 0.875. The van der Waals surface area contributed by atoms with Crippen LogP contribution in [-0.2, 0) is 9.53 Å². The highest BCUT2D eigenvalue weighted by molar-refractivity contribution is 5.76. The van der Waals surface area contributed by atoms with E-state index in [1.165, 1.54) is 20.0 Å². The van der Waals surface area contributed by atoms with Gasteiger partial charge >= 0.3 is 5.97 Å². The van der Waals surface area contributed by atoms with Crippen molar-refractivity contribution in [1.82, 2.24) is 5.32 Å². The molecule has 1 saturated carbocycles. The number of carbonyl (C=O) groups excluding carboxylic acids is 1. The summed E-state index contributed by atoms with van der Waals surface area (Å²) in [7, 11) is 1.45. The normalized spacial score (nSPS) is 41.0. The summed E-state index contributed by atoms with van der Waals surface area (Å²) in [5.74, 6) is 1.23. The second-order valence-electron chi connectivity index (χ2n) is 3.41. The average Bonchev–Trinajstić information content (AvgIpc) is 2.25. The summed E-state index contributed by atoms with van der Waals surface area (Å²) in [5.41, 5.74) is 0. The molecule has 1 saturated heterocycles. The summed E-state index contributed by atoms with van der Waals surface area (Å²) in [4.78, 5) is 11.1. The number of ether oxygens (including phenoxy) is 1. The third kappa shape index (κ3) is 0.948. The Balaban J connectivity index is 2.00. The van der Waals surface area contributed by atoms with Crippen molar-refractivity contribution >= 4 is 5.97 Å². The summed E-state index contributed by atoms with van der Waals surface area (Å²) < 4.78 is 4.69. The smallest absolute Gasteiger partial charge is 0.323 e. The maximum absolute atomic E-state index is 11.1. The molecule has 1 aliphatic heterocycles. The number of rotatable bonds is 1. The van der Waals surface area contributed by atoms with Gasteiger partial charge in [0.1, 0.15) is 6.04 Å². The Bertz CT molecular complexity index is 181. The van der Waals surface area contributed by atoms with E-state index in [0.717, 1.165) is 12.5 Å². The molecular formula is C8H13NO2. The van der Waals surface area contributed by atoms with Crippen LogP contribution in [0.25, 0.3) is 0 Å². The minimum absolute atomic E-state index is 0.00116. The van der Waals surface area contributed by atoms with E-state index in [9.17, 15) is 4.79 Å². The van der Waals surface area contributed by atoms with Crippen molar-refractivity contribution in [2.45, 2.75) is 18.9 Å². The van der Waals surface area contributed by atoms with Gasteiger partial charge in [0.05, 0.1) is 7.11 Å². The molecule has 0 amide bonds. The predicted octanol–water partition coefficient (Wildman–Crippen LogP) is 0.157. The number of esters is 1. The number of methoxy groups -OCH3 is 1. The van der Waals surface area contributed by atoms with Crippen LogP contribution in [0.3, 0.4) is 0 Å². The number of hydrogen-bond donors (Lipinski definition) is 1. The van der Waals surface area contributed by atoms with E-state index in [1.54, 1.807) is 0 Å². The molecule has 62 valence electrons. The van der Waals surface area contributed by atoms with E-state index in [2.05, 4.69) is 10.1 Å². The van der Waals surface area contributed by atoms with E-state index in [-0.39, 0.29) is 12.0 Å². The maximum atomic E-state index is 11.1. The SMILES string of the molecule is COC(=O)[C@@H]1NC[C@@H]2CC[C@@H]21. The van der Waals surface area contributed by atoms with Crippen LogP contribution in [0.1, 0.15) is 12.8 Å². The van der Waals surface area contributed by atoms with Crippen LogP contribution < -0.4 is 5.32 Å². The molecule has 11 heavy (non-hydrogen) atoms. The van der Waals surface area contributed by atoms with Crippen LogP contribution in [0.2, 0.25) is 0 Å². The molecule has 3 heteroatoms. The van der Waals surface area contributed by atoms with Gasteiger partial charge in [0.2, 0.25) is 0 Å². The van der Waals surface area contributed by atoms with Gasteiger partial charge < -0.3 is 10.1 Å². The van der Waals surface area contributed by atoms with Crippen molar-refractivity contribution in [2.24, 2.45) is 11.8 Å². The molecule has 3 nitrogen and oxygen atoms in total. The summed E-state index contributed by atoms with van der Waals surface area (Å²) in [6.07, 6.45) is 2.47. The Morgan fingerprint density at radius 3 is 2.82 bits per heavy atom.